The third-order valence-electron chi connectivity index (χ3n) is 3.20. The molecule has 0 saturated carbocycles. The fourth-order valence-corrected chi connectivity index (χ4v) is 2.31. The Labute approximate surface area is 128 Å². The van der Waals surface area contributed by atoms with Gasteiger partial charge in [0, 0.05) is 19.1 Å². The predicted octanol–water partition coefficient (Wildman–Crippen LogP) is 2.26. The number of benzene rings is 1. The van der Waals surface area contributed by atoms with Gasteiger partial charge in [0.25, 0.3) is 0 Å². The number of rotatable bonds is 3. The Morgan fingerprint density at radius 1 is 1.45 bits per heavy atom. The number of hydrogen-bond donors (Lipinski definition) is 2. The van der Waals surface area contributed by atoms with Crippen molar-refractivity contribution in [3.63, 3.8) is 0 Å². The van der Waals surface area contributed by atoms with Crippen LogP contribution >= 0.6 is 24.0 Å². The quantitative estimate of drug-likeness (QED) is 0.897. The van der Waals surface area contributed by atoms with E-state index in [0.29, 0.717) is 12.2 Å². The van der Waals surface area contributed by atoms with Crippen LogP contribution in [0.5, 0.6) is 0 Å². The Balaban J connectivity index is 0.00000200. The largest absolute Gasteiger partial charge is 0.328 e. The molecule has 1 amide bonds. The summed E-state index contributed by atoms with van der Waals surface area (Å²) in [5.74, 6) is -0.572. The first-order valence-electron chi connectivity index (χ1n) is 6.27. The molecule has 4 nitrogen and oxygen atoms in total. The summed E-state index contributed by atoms with van der Waals surface area (Å²) < 4.78 is 12.9. The van der Waals surface area contributed by atoms with Crippen LogP contribution in [0.2, 0.25) is 5.02 Å². The van der Waals surface area contributed by atoms with Crippen LogP contribution in [0.15, 0.2) is 18.2 Å². The smallest absolute Gasteiger partial charge is 0.238 e. The van der Waals surface area contributed by atoms with Gasteiger partial charge in [-0.25, -0.2) is 4.39 Å². The van der Waals surface area contributed by atoms with E-state index in [1.807, 2.05) is 0 Å². The second kappa shape index (κ2) is 7.78. The van der Waals surface area contributed by atoms with Gasteiger partial charge in [0.15, 0.2) is 0 Å². The van der Waals surface area contributed by atoms with Gasteiger partial charge in [-0.05, 0) is 31.0 Å². The van der Waals surface area contributed by atoms with Crippen LogP contribution in [0.4, 0.5) is 10.1 Å². The summed E-state index contributed by atoms with van der Waals surface area (Å²) in [6.07, 6.45) is 1.81. The summed E-state index contributed by atoms with van der Waals surface area (Å²) in [5.41, 5.74) is 6.24. The minimum atomic E-state index is -0.423. The number of amides is 1. The highest BCUT2D eigenvalue weighted by molar-refractivity contribution is 6.33. The lowest BCUT2D eigenvalue weighted by Crippen LogP contribution is -2.43. The normalized spacial score (nSPS) is 16.6. The zero-order valence-electron chi connectivity index (χ0n) is 10.9. The first-order chi connectivity index (χ1) is 9.04. The SMILES string of the molecule is Cl.NC1CCN(CC(=O)Nc2ccc(F)cc2Cl)CC1. The van der Waals surface area contributed by atoms with E-state index in [-0.39, 0.29) is 29.4 Å². The van der Waals surface area contributed by atoms with Gasteiger partial charge in [-0.2, -0.15) is 0 Å². The standard InChI is InChI=1S/C13H17ClFN3O.ClH/c14-11-7-9(15)1-2-12(11)17-13(19)8-18-5-3-10(16)4-6-18;/h1-2,7,10H,3-6,8,16H2,(H,17,19);1H. The molecule has 0 unspecified atom stereocenters. The number of nitrogens with zero attached hydrogens (tertiary/aromatic N) is 1. The molecule has 3 N–H and O–H groups in total. The lowest BCUT2D eigenvalue weighted by atomic mass is 10.1. The molecule has 20 heavy (non-hydrogen) atoms. The molecule has 0 radical (unpaired) electrons. The van der Waals surface area contributed by atoms with Gasteiger partial charge in [0.1, 0.15) is 5.82 Å². The maximum Gasteiger partial charge on any atom is 0.238 e. The van der Waals surface area contributed by atoms with Crippen LogP contribution < -0.4 is 11.1 Å². The van der Waals surface area contributed by atoms with E-state index < -0.39 is 5.82 Å². The average molecular weight is 322 g/mol. The van der Waals surface area contributed by atoms with Crippen LogP contribution in [-0.2, 0) is 4.79 Å². The fraction of sp³-hybridized carbons (Fsp3) is 0.462. The number of carbonyl (C=O) groups is 1. The molecule has 1 heterocycles. The molecule has 1 aliphatic rings. The number of nitrogens with two attached hydrogens (primary N) is 1. The highest BCUT2D eigenvalue weighted by Gasteiger charge is 2.18. The van der Waals surface area contributed by atoms with E-state index >= 15 is 0 Å². The maximum absolute atomic E-state index is 12.9. The molecule has 0 atom stereocenters. The zero-order chi connectivity index (χ0) is 13.8. The molecule has 112 valence electrons. The van der Waals surface area contributed by atoms with Crippen LogP contribution in [0.25, 0.3) is 0 Å². The van der Waals surface area contributed by atoms with Crippen molar-refractivity contribution in [3.8, 4) is 0 Å². The Hall–Kier alpha value is -0.880. The topological polar surface area (TPSA) is 58.4 Å². The molecule has 7 heteroatoms. The third-order valence-corrected chi connectivity index (χ3v) is 3.52. The van der Waals surface area contributed by atoms with Crippen LogP contribution in [-0.4, -0.2) is 36.5 Å². The van der Waals surface area contributed by atoms with Gasteiger partial charge < -0.3 is 11.1 Å². The number of carbonyl (C=O) groups excluding carboxylic acids is 1. The molecule has 0 spiro atoms. The highest BCUT2D eigenvalue weighted by Crippen LogP contribution is 2.22. The van der Waals surface area contributed by atoms with E-state index in [4.69, 9.17) is 17.3 Å². The first-order valence-corrected chi connectivity index (χ1v) is 6.65. The van der Waals surface area contributed by atoms with Gasteiger partial charge in [-0.3, -0.25) is 9.69 Å². The van der Waals surface area contributed by atoms with Crippen LogP contribution in [0, 0.1) is 5.82 Å². The molecule has 1 aromatic rings. The third kappa shape index (κ3) is 4.90. The molecular weight excluding hydrogens is 304 g/mol. The van der Waals surface area contributed by atoms with Crippen molar-refractivity contribution in [1.82, 2.24) is 4.90 Å². The lowest BCUT2D eigenvalue weighted by Gasteiger charge is -2.29. The Kier molecular flexibility index (Phi) is 6.68. The van der Waals surface area contributed by atoms with Crippen LogP contribution in [0.3, 0.4) is 0 Å². The van der Waals surface area contributed by atoms with Crippen molar-refractivity contribution in [2.24, 2.45) is 5.73 Å². The molecule has 1 saturated heterocycles. The van der Waals surface area contributed by atoms with E-state index in [1.165, 1.54) is 18.2 Å². The van der Waals surface area contributed by atoms with Crippen molar-refractivity contribution in [2.45, 2.75) is 18.9 Å². The monoisotopic (exact) mass is 321 g/mol. The second-order valence-electron chi connectivity index (χ2n) is 4.79. The van der Waals surface area contributed by atoms with Crippen LogP contribution in [0.1, 0.15) is 12.8 Å². The molecule has 0 aliphatic carbocycles. The van der Waals surface area contributed by atoms with Gasteiger partial charge in [-0.15, -0.1) is 12.4 Å². The maximum atomic E-state index is 12.9. The second-order valence-corrected chi connectivity index (χ2v) is 5.19. The summed E-state index contributed by atoms with van der Waals surface area (Å²) in [7, 11) is 0. The Morgan fingerprint density at radius 2 is 2.10 bits per heavy atom. The number of likely N-dealkylation sites (tertiary alicyclic amines) is 1. The van der Waals surface area contributed by atoms with Crippen molar-refractivity contribution >= 4 is 35.6 Å². The van der Waals surface area contributed by atoms with E-state index in [2.05, 4.69) is 10.2 Å². The first kappa shape index (κ1) is 17.2. The molecular formula is C13H18Cl2FN3O. The van der Waals surface area contributed by atoms with E-state index in [1.54, 1.807) is 0 Å². The fourth-order valence-electron chi connectivity index (χ4n) is 2.09. The van der Waals surface area contributed by atoms with E-state index in [0.717, 1.165) is 25.9 Å². The zero-order valence-corrected chi connectivity index (χ0v) is 12.5. The number of piperidine rings is 1. The lowest BCUT2D eigenvalue weighted by molar-refractivity contribution is -0.117. The minimum Gasteiger partial charge on any atom is -0.328 e. The van der Waals surface area contributed by atoms with Gasteiger partial charge >= 0.3 is 0 Å². The molecule has 1 aliphatic heterocycles. The van der Waals surface area contributed by atoms with Gasteiger partial charge in [0.2, 0.25) is 5.91 Å². The summed E-state index contributed by atoms with van der Waals surface area (Å²) in [6.45, 7) is 1.96. The Bertz CT molecular complexity index is 465. The molecule has 1 fully saturated rings. The number of hydrogen-bond acceptors (Lipinski definition) is 3. The minimum absolute atomic E-state index is 0. The van der Waals surface area contributed by atoms with Gasteiger partial charge in [0.05, 0.1) is 17.3 Å². The average Bonchev–Trinajstić information content (AvgIpc) is 2.36. The summed E-state index contributed by atoms with van der Waals surface area (Å²) in [6, 6.07) is 4.14. The van der Waals surface area contributed by atoms with Crippen molar-refractivity contribution in [1.29, 1.82) is 0 Å². The van der Waals surface area contributed by atoms with Crippen molar-refractivity contribution in [2.75, 3.05) is 25.0 Å². The van der Waals surface area contributed by atoms with Crippen molar-refractivity contribution < 1.29 is 9.18 Å². The molecule has 1 aromatic carbocycles. The summed E-state index contributed by atoms with van der Waals surface area (Å²) in [4.78, 5) is 13.9. The summed E-state index contributed by atoms with van der Waals surface area (Å²) in [5, 5.41) is 2.89. The molecule has 2 rings (SSSR count). The highest BCUT2D eigenvalue weighted by atomic mass is 35.5. The summed E-state index contributed by atoms with van der Waals surface area (Å²) >= 11 is 5.85. The number of nitrogens with one attached hydrogen (secondary N) is 1. The van der Waals surface area contributed by atoms with Gasteiger partial charge in [-0.1, -0.05) is 11.6 Å². The predicted molar refractivity (Wildman–Crippen MR) is 80.9 cm³/mol. The van der Waals surface area contributed by atoms with E-state index in [9.17, 15) is 9.18 Å². The molecule has 0 bridgehead atoms. The number of anilines is 1. The number of halogens is 3. The van der Waals surface area contributed by atoms with Crippen molar-refractivity contribution in [3.05, 3.63) is 29.0 Å². The Morgan fingerprint density at radius 3 is 2.70 bits per heavy atom. The molecule has 0 aromatic heterocycles.